The number of benzene rings is 1. The Labute approximate surface area is 107 Å². The Bertz CT molecular complexity index is 401. The van der Waals surface area contributed by atoms with E-state index in [9.17, 15) is 4.79 Å². The van der Waals surface area contributed by atoms with Gasteiger partial charge in [-0.3, -0.25) is 4.79 Å². The average molecular weight is 252 g/mol. The first-order chi connectivity index (χ1) is 8.63. The number of nitrogen functional groups attached to an aromatic ring is 1. The Balaban J connectivity index is 2.93. The van der Waals surface area contributed by atoms with E-state index in [0.29, 0.717) is 30.1 Å². The number of aliphatic hydroxyl groups excluding tert-OH is 1. The first-order valence-corrected chi connectivity index (χ1v) is 5.97. The van der Waals surface area contributed by atoms with Crippen LogP contribution < -0.4 is 10.5 Å². The number of carbonyl (C=O) groups is 1. The Morgan fingerprint density at radius 3 is 2.72 bits per heavy atom. The summed E-state index contributed by atoms with van der Waals surface area (Å²) in [5.74, 6) is 0.366. The smallest absolute Gasteiger partial charge is 0.254 e. The highest BCUT2D eigenvalue weighted by molar-refractivity contribution is 5.95. The van der Waals surface area contributed by atoms with Crippen LogP contribution >= 0.6 is 0 Å². The molecule has 3 N–H and O–H groups in total. The third-order valence-corrected chi connectivity index (χ3v) is 2.63. The minimum Gasteiger partial charge on any atom is -0.495 e. The number of hydrogen-bond donors (Lipinski definition) is 2. The van der Waals surface area contributed by atoms with Gasteiger partial charge in [0.1, 0.15) is 5.75 Å². The van der Waals surface area contributed by atoms with E-state index in [1.807, 2.05) is 6.92 Å². The van der Waals surface area contributed by atoms with Crippen LogP contribution in [0.4, 0.5) is 5.69 Å². The lowest BCUT2D eigenvalue weighted by molar-refractivity contribution is 0.0721. The van der Waals surface area contributed by atoms with Crippen LogP contribution in [0.15, 0.2) is 18.2 Å². The van der Waals surface area contributed by atoms with Crippen molar-refractivity contribution in [1.29, 1.82) is 0 Å². The summed E-state index contributed by atoms with van der Waals surface area (Å²) in [6.07, 6.45) is 0.845. The summed E-state index contributed by atoms with van der Waals surface area (Å²) in [6, 6.07) is 4.94. The molecule has 100 valence electrons. The third-order valence-electron chi connectivity index (χ3n) is 2.63. The third kappa shape index (κ3) is 3.37. The van der Waals surface area contributed by atoms with Gasteiger partial charge in [-0.05, 0) is 24.6 Å². The molecule has 1 amide bonds. The zero-order chi connectivity index (χ0) is 13.5. The molecule has 0 fully saturated rings. The molecule has 0 saturated carbocycles. The molecule has 0 radical (unpaired) electrons. The zero-order valence-electron chi connectivity index (χ0n) is 10.8. The molecule has 0 aliphatic rings. The summed E-state index contributed by atoms with van der Waals surface area (Å²) in [5, 5.41) is 8.97. The predicted molar refractivity (Wildman–Crippen MR) is 70.7 cm³/mol. The molecule has 0 bridgehead atoms. The second-order valence-corrected chi connectivity index (χ2v) is 3.97. The number of ether oxygens (including phenoxy) is 1. The molecule has 5 nitrogen and oxygen atoms in total. The number of nitrogens with zero attached hydrogens (tertiary/aromatic N) is 1. The van der Waals surface area contributed by atoms with Crippen LogP contribution in [0.25, 0.3) is 0 Å². The van der Waals surface area contributed by atoms with Gasteiger partial charge >= 0.3 is 0 Å². The largest absolute Gasteiger partial charge is 0.495 e. The van der Waals surface area contributed by atoms with Crippen LogP contribution in [0.1, 0.15) is 23.7 Å². The fourth-order valence-electron chi connectivity index (χ4n) is 1.73. The summed E-state index contributed by atoms with van der Waals surface area (Å²) in [4.78, 5) is 13.8. The van der Waals surface area contributed by atoms with Crippen molar-refractivity contribution < 1.29 is 14.6 Å². The zero-order valence-corrected chi connectivity index (χ0v) is 10.8. The van der Waals surface area contributed by atoms with E-state index < -0.39 is 0 Å². The SMILES string of the molecule is CCCN(CCO)C(=O)c1ccc(N)c(OC)c1. The molecule has 0 aromatic heterocycles. The lowest BCUT2D eigenvalue weighted by Gasteiger charge is -2.21. The van der Waals surface area contributed by atoms with Crippen LogP contribution in [-0.2, 0) is 0 Å². The minimum atomic E-state index is -0.121. The lowest BCUT2D eigenvalue weighted by atomic mass is 10.1. The first-order valence-electron chi connectivity index (χ1n) is 5.97. The topological polar surface area (TPSA) is 75.8 Å². The molecule has 0 unspecified atom stereocenters. The van der Waals surface area contributed by atoms with Gasteiger partial charge in [-0.15, -0.1) is 0 Å². The maximum Gasteiger partial charge on any atom is 0.254 e. The van der Waals surface area contributed by atoms with Crippen molar-refractivity contribution in [3.05, 3.63) is 23.8 Å². The highest BCUT2D eigenvalue weighted by Gasteiger charge is 2.15. The molecule has 1 rings (SSSR count). The number of hydrogen-bond acceptors (Lipinski definition) is 4. The fourth-order valence-corrected chi connectivity index (χ4v) is 1.73. The molecule has 0 atom stereocenters. The number of anilines is 1. The number of amides is 1. The molecule has 0 heterocycles. The average Bonchev–Trinajstić information content (AvgIpc) is 2.38. The van der Waals surface area contributed by atoms with E-state index in [2.05, 4.69) is 0 Å². The second-order valence-electron chi connectivity index (χ2n) is 3.97. The summed E-state index contributed by atoms with van der Waals surface area (Å²) in [7, 11) is 1.51. The number of carbonyl (C=O) groups excluding carboxylic acids is 1. The van der Waals surface area contributed by atoms with Gasteiger partial charge in [0.05, 0.1) is 19.4 Å². The van der Waals surface area contributed by atoms with Crippen LogP contribution in [0.3, 0.4) is 0 Å². The Morgan fingerprint density at radius 1 is 1.44 bits per heavy atom. The quantitative estimate of drug-likeness (QED) is 0.744. The van der Waals surface area contributed by atoms with Gasteiger partial charge in [-0.25, -0.2) is 0 Å². The van der Waals surface area contributed by atoms with Gasteiger partial charge in [0.2, 0.25) is 0 Å². The van der Waals surface area contributed by atoms with Crippen LogP contribution in [0.5, 0.6) is 5.75 Å². The van der Waals surface area contributed by atoms with E-state index >= 15 is 0 Å². The lowest BCUT2D eigenvalue weighted by Crippen LogP contribution is -2.34. The number of methoxy groups -OCH3 is 1. The molecular formula is C13H20N2O3. The number of nitrogens with two attached hydrogens (primary N) is 1. The molecule has 0 spiro atoms. The molecule has 0 saturated heterocycles. The van der Waals surface area contributed by atoms with Gasteiger partial charge in [-0.2, -0.15) is 0 Å². The summed E-state index contributed by atoms with van der Waals surface area (Å²) >= 11 is 0. The van der Waals surface area contributed by atoms with Crippen LogP contribution in [-0.4, -0.2) is 42.7 Å². The van der Waals surface area contributed by atoms with Crippen molar-refractivity contribution in [2.75, 3.05) is 32.5 Å². The molecule has 0 aliphatic heterocycles. The highest BCUT2D eigenvalue weighted by Crippen LogP contribution is 2.22. The van der Waals surface area contributed by atoms with Crippen molar-refractivity contribution in [3.63, 3.8) is 0 Å². The van der Waals surface area contributed by atoms with Crippen molar-refractivity contribution in [2.24, 2.45) is 0 Å². The predicted octanol–water partition coefficient (Wildman–Crippen LogP) is 1.12. The van der Waals surface area contributed by atoms with Crippen LogP contribution in [0.2, 0.25) is 0 Å². The maximum atomic E-state index is 12.2. The van der Waals surface area contributed by atoms with E-state index in [1.165, 1.54) is 7.11 Å². The van der Waals surface area contributed by atoms with E-state index in [0.717, 1.165) is 6.42 Å². The van der Waals surface area contributed by atoms with Crippen molar-refractivity contribution in [2.45, 2.75) is 13.3 Å². The highest BCUT2D eigenvalue weighted by atomic mass is 16.5. The van der Waals surface area contributed by atoms with Gasteiger partial charge in [0, 0.05) is 18.7 Å². The van der Waals surface area contributed by atoms with Crippen LogP contribution in [0, 0.1) is 0 Å². The van der Waals surface area contributed by atoms with Gasteiger partial charge in [-0.1, -0.05) is 6.92 Å². The fraction of sp³-hybridized carbons (Fsp3) is 0.462. The Kier molecular flexibility index (Phi) is 5.45. The summed E-state index contributed by atoms with van der Waals surface area (Å²) in [5.41, 5.74) is 6.72. The van der Waals surface area contributed by atoms with Gasteiger partial charge in [0.15, 0.2) is 0 Å². The standard InChI is InChI=1S/C13H20N2O3/c1-3-6-15(7-8-16)13(17)10-4-5-11(14)12(9-10)18-2/h4-5,9,16H,3,6-8,14H2,1-2H3. The molecule has 0 aliphatic carbocycles. The van der Waals surface area contributed by atoms with E-state index in [1.54, 1.807) is 23.1 Å². The van der Waals surface area contributed by atoms with Gasteiger partial charge in [0.25, 0.3) is 5.91 Å². The molecule has 1 aromatic carbocycles. The van der Waals surface area contributed by atoms with E-state index in [4.69, 9.17) is 15.6 Å². The maximum absolute atomic E-state index is 12.2. The summed E-state index contributed by atoms with van der Waals surface area (Å²) < 4.78 is 5.09. The van der Waals surface area contributed by atoms with Crippen molar-refractivity contribution in [3.8, 4) is 5.75 Å². The number of aliphatic hydroxyl groups is 1. The van der Waals surface area contributed by atoms with Gasteiger partial charge < -0.3 is 20.5 Å². The van der Waals surface area contributed by atoms with Crippen molar-refractivity contribution >= 4 is 11.6 Å². The molecule has 5 heteroatoms. The van der Waals surface area contributed by atoms with Crippen molar-refractivity contribution in [1.82, 2.24) is 4.90 Å². The summed E-state index contributed by atoms with van der Waals surface area (Å²) in [6.45, 7) is 2.89. The Hall–Kier alpha value is -1.75. The van der Waals surface area contributed by atoms with E-state index in [-0.39, 0.29) is 12.5 Å². The number of rotatable bonds is 6. The normalized spacial score (nSPS) is 10.2. The molecular weight excluding hydrogens is 232 g/mol. The monoisotopic (exact) mass is 252 g/mol. The molecule has 1 aromatic rings. The minimum absolute atomic E-state index is 0.0438. The second kappa shape index (κ2) is 6.86. The molecule has 18 heavy (non-hydrogen) atoms. The first kappa shape index (κ1) is 14.3. The Morgan fingerprint density at radius 2 is 2.17 bits per heavy atom.